The predicted octanol–water partition coefficient (Wildman–Crippen LogP) is 1.97. The zero-order valence-corrected chi connectivity index (χ0v) is 11.6. The molecule has 1 saturated heterocycles. The van der Waals surface area contributed by atoms with Gasteiger partial charge in [-0.2, -0.15) is 0 Å². The number of nitrogens with zero attached hydrogens (tertiary/aromatic N) is 2. The fourth-order valence-electron chi connectivity index (χ4n) is 2.86. The van der Waals surface area contributed by atoms with Crippen molar-refractivity contribution in [1.82, 2.24) is 0 Å². The van der Waals surface area contributed by atoms with Crippen LogP contribution >= 0.6 is 0 Å². The first-order valence-electron chi connectivity index (χ1n) is 5.89. The Morgan fingerprint density at radius 1 is 1.26 bits per heavy atom. The van der Waals surface area contributed by atoms with Crippen molar-refractivity contribution in [2.75, 3.05) is 0 Å². The van der Waals surface area contributed by atoms with E-state index >= 15 is 0 Å². The Balaban J connectivity index is 0.000000711. The van der Waals surface area contributed by atoms with Crippen molar-refractivity contribution in [3.63, 3.8) is 0 Å². The Morgan fingerprint density at radius 3 is 1.84 bits per heavy atom. The topological polar surface area (TPSA) is 124 Å². The monoisotopic (exact) mass is 276 g/mol. The first-order chi connectivity index (χ1) is 8.38. The summed E-state index contributed by atoms with van der Waals surface area (Å²) in [7, 11) is 0. The summed E-state index contributed by atoms with van der Waals surface area (Å²) in [4.78, 5) is 30.9. The van der Waals surface area contributed by atoms with Gasteiger partial charge in [0.2, 0.25) is 11.1 Å². The van der Waals surface area contributed by atoms with Crippen molar-refractivity contribution in [2.45, 2.75) is 58.0 Å². The van der Waals surface area contributed by atoms with Gasteiger partial charge in [0.15, 0.2) is 0 Å². The molecule has 0 saturated carbocycles. The van der Waals surface area contributed by atoms with Crippen LogP contribution in [0.2, 0.25) is 0 Å². The fourth-order valence-corrected chi connectivity index (χ4v) is 2.86. The highest BCUT2D eigenvalue weighted by Crippen LogP contribution is 2.39. The van der Waals surface area contributed by atoms with Crippen molar-refractivity contribution < 1.29 is 19.7 Å². The first kappa shape index (κ1) is 17.3. The molecule has 1 fully saturated rings. The second-order valence-corrected chi connectivity index (χ2v) is 6.01. The lowest BCUT2D eigenvalue weighted by molar-refractivity contribution is -0.695. The van der Waals surface area contributed by atoms with Gasteiger partial charge in [0.05, 0.1) is 5.09 Å². The minimum Gasteiger partial charge on any atom is -0.481 e. The van der Waals surface area contributed by atoms with Crippen molar-refractivity contribution in [2.24, 2.45) is 5.92 Å². The lowest BCUT2D eigenvalue weighted by Crippen LogP contribution is -2.53. The summed E-state index contributed by atoms with van der Waals surface area (Å²) in [5.41, 5.74) is -0.913. The molecule has 1 aliphatic heterocycles. The number of rotatable bonds is 2. The van der Waals surface area contributed by atoms with Crippen LogP contribution in [-0.4, -0.2) is 32.0 Å². The van der Waals surface area contributed by atoms with Crippen molar-refractivity contribution >= 4 is 5.97 Å². The highest BCUT2D eigenvalue weighted by Gasteiger charge is 2.53. The largest absolute Gasteiger partial charge is 0.481 e. The van der Waals surface area contributed by atoms with Gasteiger partial charge >= 0.3 is 5.97 Å². The van der Waals surface area contributed by atoms with Gasteiger partial charge in [-0.1, -0.05) is 0 Å². The van der Waals surface area contributed by atoms with Crippen LogP contribution in [0.25, 0.3) is 0 Å². The normalized spacial score (nSPS) is 21.2. The van der Waals surface area contributed by atoms with E-state index < -0.39 is 22.1 Å². The van der Waals surface area contributed by atoms with Gasteiger partial charge in [-0.3, -0.25) is 4.79 Å². The second kappa shape index (κ2) is 5.94. The fraction of sp³-hybridized carbons (Fsp3) is 0.909. The maximum Gasteiger partial charge on any atom is 0.303 e. The average molecular weight is 276 g/mol. The molecule has 1 rings (SSSR count). The smallest absolute Gasteiger partial charge is 0.303 e. The molecule has 0 bridgehead atoms. The molecule has 1 aliphatic rings. The van der Waals surface area contributed by atoms with Gasteiger partial charge in [0.25, 0.3) is 0 Å². The molecule has 0 aromatic rings. The molecule has 8 nitrogen and oxygen atoms in total. The maximum atomic E-state index is 12.0. The second-order valence-electron chi connectivity index (χ2n) is 6.01. The lowest BCUT2D eigenvalue weighted by Gasteiger charge is -2.36. The average Bonchev–Trinajstić information content (AvgIpc) is 2.10. The number of hydrogen-bond acceptors (Lipinski definition) is 5. The zero-order valence-electron chi connectivity index (χ0n) is 11.6. The van der Waals surface area contributed by atoms with E-state index in [1.165, 1.54) is 0 Å². The molecule has 0 spiro atoms. The van der Waals surface area contributed by atoms with Gasteiger partial charge < -0.3 is 20.4 Å². The van der Waals surface area contributed by atoms with E-state index in [9.17, 15) is 9.70 Å². The van der Waals surface area contributed by atoms with Crippen LogP contribution in [0, 0.1) is 26.1 Å². The summed E-state index contributed by atoms with van der Waals surface area (Å²) >= 11 is 0. The molecule has 1 heterocycles. The molecule has 1 N–H and O–H groups in total. The molecule has 0 atom stereocenters. The van der Waals surface area contributed by atoms with Crippen LogP contribution in [0.1, 0.15) is 47.0 Å². The number of nitroso groups, excluding NO2 is 1. The minimum atomic E-state index is -1.75. The number of carbonyl (C=O) groups is 1. The number of hydrogen-bond donors (Lipinski definition) is 1. The molecule has 0 aliphatic carbocycles. The Kier molecular flexibility index (Phi) is 5.40. The predicted molar refractivity (Wildman–Crippen MR) is 67.1 cm³/mol. The zero-order chi connectivity index (χ0) is 15.4. The summed E-state index contributed by atoms with van der Waals surface area (Å²) in [6, 6.07) is 0. The maximum absolute atomic E-state index is 12.0. The Bertz CT molecular complexity index is 353. The Labute approximate surface area is 111 Å². The molecular weight excluding hydrogens is 256 g/mol. The summed E-state index contributed by atoms with van der Waals surface area (Å²) in [5, 5.41) is 23.5. The molecule has 8 heteroatoms. The summed E-state index contributed by atoms with van der Waals surface area (Å²) < 4.78 is 1.12. The molecule has 0 radical (unpaired) electrons. The number of carboxylic acid groups (broad SMARTS) is 1. The number of piperidine rings is 1. The number of aliphatic carboxylic acids is 1. The third-order valence-electron chi connectivity index (χ3n) is 3.14. The summed E-state index contributed by atoms with van der Waals surface area (Å²) in [6.07, 6.45) is 1.49. The highest BCUT2D eigenvalue weighted by molar-refractivity contribution is 5.67. The summed E-state index contributed by atoms with van der Waals surface area (Å²) in [5.74, 6) is -0.663. The van der Waals surface area contributed by atoms with Gasteiger partial charge in [-0.15, -0.1) is 0 Å². The molecular formula is C11H20N2O6. The molecule has 110 valence electrons. The quantitative estimate of drug-likeness (QED) is 0.467. The Hall–Kier alpha value is -1.73. The molecule has 0 amide bonds. The van der Waals surface area contributed by atoms with Crippen LogP contribution in [0.5, 0.6) is 0 Å². The number of carboxylic acids is 1. The third-order valence-corrected chi connectivity index (χ3v) is 3.14. The third kappa shape index (κ3) is 5.62. The summed E-state index contributed by atoms with van der Waals surface area (Å²) in [6.45, 7) is 7.54. The van der Waals surface area contributed by atoms with E-state index in [2.05, 4.69) is 0 Å². The molecule has 19 heavy (non-hydrogen) atoms. The molecule has 0 aromatic heterocycles. The van der Waals surface area contributed by atoms with Crippen LogP contribution in [0.3, 0.4) is 0 Å². The van der Waals surface area contributed by atoms with Gasteiger partial charge in [0, 0.05) is 56.6 Å². The van der Waals surface area contributed by atoms with Crippen molar-refractivity contribution in [3.05, 3.63) is 20.2 Å². The minimum absolute atomic E-state index is 0.109. The van der Waals surface area contributed by atoms with Crippen LogP contribution in [-0.2, 0) is 4.79 Å². The Morgan fingerprint density at radius 2 is 1.58 bits per heavy atom. The van der Waals surface area contributed by atoms with Crippen molar-refractivity contribution in [3.8, 4) is 0 Å². The molecule has 0 unspecified atom stereocenters. The lowest BCUT2D eigenvalue weighted by atomic mass is 9.74. The van der Waals surface area contributed by atoms with Gasteiger partial charge in [-0.05, 0) is 5.92 Å². The van der Waals surface area contributed by atoms with E-state index in [1.54, 1.807) is 0 Å². The SMILES string of the molecule is CC1(C)CC(CC(=O)O)CC(C)(C)[N+]1=O.O=[N+]([O-])[O-]. The van der Waals surface area contributed by atoms with Gasteiger partial charge in [0.1, 0.15) is 0 Å². The van der Waals surface area contributed by atoms with E-state index in [-0.39, 0.29) is 12.3 Å². The van der Waals surface area contributed by atoms with Crippen LogP contribution in [0.4, 0.5) is 0 Å². The van der Waals surface area contributed by atoms with Crippen LogP contribution < -0.4 is 0 Å². The highest BCUT2D eigenvalue weighted by atomic mass is 16.9. The van der Waals surface area contributed by atoms with Gasteiger partial charge in [-0.25, -0.2) is 0 Å². The molecule has 0 aromatic carbocycles. The van der Waals surface area contributed by atoms with E-state index in [1.807, 2.05) is 27.7 Å². The van der Waals surface area contributed by atoms with Crippen LogP contribution in [0.15, 0.2) is 0 Å². The van der Waals surface area contributed by atoms with E-state index in [4.69, 9.17) is 20.4 Å². The van der Waals surface area contributed by atoms with E-state index in [0.717, 1.165) is 4.76 Å². The first-order valence-corrected chi connectivity index (χ1v) is 5.89. The van der Waals surface area contributed by atoms with E-state index in [0.29, 0.717) is 12.8 Å². The standard InChI is InChI=1S/C11H19NO3.NO3/c1-10(2)6-8(5-9(13)14)7-11(3,4)12(10)15;2-1(3)4/h8H,5-7H2,1-4H3;/q;-1/p+1. The van der Waals surface area contributed by atoms with Crippen molar-refractivity contribution in [1.29, 1.82) is 0 Å².